The second-order valence-corrected chi connectivity index (χ2v) is 3.18. The van der Waals surface area contributed by atoms with Crippen LogP contribution in [-0.2, 0) is 16.0 Å². The molecule has 70 valence electrons. The summed E-state index contributed by atoms with van der Waals surface area (Å²) in [4.78, 5) is 10.9. The molecule has 0 N–H and O–H groups in total. The van der Waals surface area contributed by atoms with Crippen LogP contribution in [-0.4, -0.2) is 5.97 Å². The van der Waals surface area contributed by atoms with Gasteiger partial charge in [0.1, 0.15) is 5.76 Å². The number of allylic oxidation sites excluding steroid dienone is 1. The highest BCUT2D eigenvalue weighted by molar-refractivity contribution is 5.88. The molecule has 2 rings (SSSR count). The van der Waals surface area contributed by atoms with Gasteiger partial charge in [-0.05, 0) is 5.56 Å². The highest BCUT2D eigenvalue weighted by atomic mass is 16.5. The number of hydrogen-bond acceptors (Lipinski definition) is 2. The fourth-order valence-corrected chi connectivity index (χ4v) is 1.40. The minimum atomic E-state index is -0.319. The number of hydrogen-bond donors (Lipinski definition) is 0. The van der Waals surface area contributed by atoms with Crippen molar-refractivity contribution in [3.63, 3.8) is 0 Å². The molecule has 1 heterocycles. The summed E-state index contributed by atoms with van der Waals surface area (Å²) in [5.74, 6) is 0.153. The van der Waals surface area contributed by atoms with Crippen molar-refractivity contribution in [2.45, 2.75) is 6.42 Å². The molecule has 2 nitrogen and oxygen atoms in total. The van der Waals surface area contributed by atoms with Gasteiger partial charge in [-0.3, -0.25) is 0 Å². The van der Waals surface area contributed by atoms with Crippen LogP contribution in [0.15, 0.2) is 54.3 Å². The second kappa shape index (κ2) is 3.50. The standard InChI is InChI=1S/C12H10O2/c1-9-11(8-12(13)14-9)7-10-5-3-2-4-6-10/h2-6,8H,1,7H2. The van der Waals surface area contributed by atoms with Crippen LogP contribution in [0.5, 0.6) is 0 Å². The van der Waals surface area contributed by atoms with E-state index in [1.807, 2.05) is 30.3 Å². The number of esters is 1. The number of carbonyl (C=O) groups excluding carboxylic acids is 1. The minimum Gasteiger partial charge on any atom is -0.424 e. The molecule has 0 aromatic heterocycles. The predicted molar refractivity (Wildman–Crippen MR) is 53.5 cm³/mol. The van der Waals surface area contributed by atoms with Crippen molar-refractivity contribution >= 4 is 5.97 Å². The minimum absolute atomic E-state index is 0.319. The summed E-state index contributed by atoms with van der Waals surface area (Å²) in [7, 11) is 0. The largest absolute Gasteiger partial charge is 0.424 e. The Morgan fingerprint density at radius 1 is 1.21 bits per heavy atom. The average molecular weight is 186 g/mol. The lowest BCUT2D eigenvalue weighted by Crippen LogP contribution is -1.91. The zero-order valence-electron chi connectivity index (χ0n) is 7.69. The van der Waals surface area contributed by atoms with Gasteiger partial charge in [0.2, 0.25) is 0 Å². The van der Waals surface area contributed by atoms with Crippen LogP contribution < -0.4 is 0 Å². The van der Waals surface area contributed by atoms with E-state index in [9.17, 15) is 4.79 Å². The third-order valence-electron chi connectivity index (χ3n) is 2.11. The Morgan fingerprint density at radius 3 is 2.50 bits per heavy atom. The quantitative estimate of drug-likeness (QED) is 0.662. The molecule has 0 fully saturated rings. The van der Waals surface area contributed by atoms with E-state index >= 15 is 0 Å². The summed E-state index contributed by atoms with van der Waals surface area (Å²) < 4.78 is 4.82. The van der Waals surface area contributed by atoms with Crippen molar-refractivity contribution < 1.29 is 9.53 Å². The third-order valence-corrected chi connectivity index (χ3v) is 2.11. The molecular formula is C12H10O2. The fraction of sp³-hybridized carbons (Fsp3) is 0.0833. The summed E-state index contributed by atoms with van der Waals surface area (Å²) in [5, 5.41) is 0. The van der Waals surface area contributed by atoms with Crippen LogP contribution >= 0.6 is 0 Å². The maximum absolute atomic E-state index is 10.9. The van der Waals surface area contributed by atoms with Crippen molar-refractivity contribution in [2.75, 3.05) is 0 Å². The highest BCUT2D eigenvalue weighted by Gasteiger charge is 2.17. The van der Waals surface area contributed by atoms with Crippen molar-refractivity contribution in [1.82, 2.24) is 0 Å². The number of carbonyl (C=O) groups is 1. The molecule has 1 aromatic rings. The van der Waals surface area contributed by atoms with Crippen LogP contribution in [0.3, 0.4) is 0 Å². The van der Waals surface area contributed by atoms with Crippen LogP contribution in [0.2, 0.25) is 0 Å². The van der Waals surface area contributed by atoms with E-state index in [0.29, 0.717) is 12.2 Å². The molecular weight excluding hydrogens is 176 g/mol. The lowest BCUT2D eigenvalue weighted by molar-refractivity contribution is -0.132. The zero-order chi connectivity index (χ0) is 9.97. The van der Waals surface area contributed by atoms with E-state index in [2.05, 4.69) is 6.58 Å². The van der Waals surface area contributed by atoms with Gasteiger partial charge >= 0.3 is 5.97 Å². The molecule has 14 heavy (non-hydrogen) atoms. The molecule has 1 aromatic carbocycles. The van der Waals surface area contributed by atoms with Crippen molar-refractivity contribution in [2.24, 2.45) is 0 Å². The Balaban J connectivity index is 2.16. The van der Waals surface area contributed by atoms with Gasteiger partial charge in [-0.1, -0.05) is 36.9 Å². The van der Waals surface area contributed by atoms with E-state index < -0.39 is 0 Å². The first kappa shape index (κ1) is 8.75. The van der Waals surface area contributed by atoms with Crippen LogP contribution in [0.25, 0.3) is 0 Å². The molecule has 0 unspecified atom stereocenters. The summed E-state index contributed by atoms with van der Waals surface area (Å²) in [5.41, 5.74) is 2.01. The average Bonchev–Trinajstić information content (AvgIpc) is 2.47. The number of cyclic esters (lactones) is 1. The topological polar surface area (TPSA) is 26.3 Å². The zero-order valence-corrected chi connectivity index (χ0v) is 7.69. The molecule has 0 spiro atoms. The monoisotopic (exact) mass is 186 g/mol. The smallest absolute Gasteiger partial charge is 0.336 e. The second-order valence-electron chi connectivity index (χ2n) is 3.18. The Bertz CT molecular complexity index is 402. The van der Waals surface area contributed by atoms with Crippen molar-refractivity contribution in [3.8, 4) is 0 Å². The van der Waals surface area contributed by atoms with E-state index in [-0.39, 0.29) is 5.97 Å². The molecule has 0 saturated carbocycles. The molecule has 0 radical (unpaired) electrons. The first-order valence-corrected chi connectivity index (χ1v) is 4.41. The molecule has 2 heteroatoms. The van der Waals surface area contributed by atoms with Gasteiger partial charge in [0.15, 0.2) is 0 Å². The van der Waals surface area contributed by atoms with E-state index in [4.69, 9.17) is 4.74 Å². The van der Waals surface area contributed by atoms with Crippen LogP contribution in [0.4, 0.5) is 0 Å². The molecule has 0 atom stereocenters. The Morgan fingerprint density at radius 2 is 1.93 bits per heavy atom. The SMILES string of the molecule is C=C1OC(=O)C=C1Cc1ccccc1. The van der Waals surface area contributed by atoms with Gasteiger partial charge in [0.25, 0.3) is 0 Å². The molecule has 0 aliphatic carbocycles. The first-order valence-electron chi connectivity index (χ1n) is 4.41. The highest BCUT2D eigenvalue weighted by Crippen LogP contribution is 2.21. The normalized spacial score (nSPS) is 15.3. The summed E-state index contributed by atoms with van der Waals surface area (Å²) >= 11 is 0. The van der Waals surface area contributed by atoms with Gasteiger partial charge in [-0.25, -0.2) is 4.79 Å². The molecule has 1 aliphatic rings. The Hall–Kier alpha value is -1.83. The van der Waals surface area contributed by atoms with E-state index in [0.717, 1.165) is 11.1 Å². The molecule has 0 bridgehead atoms. The summed E-state index contributed by atoms with van der Waals surface area (Å²) in [6.07, 6.45) is 2.20. The van der Waals surface area contributed by atoms with Crippen LogP contribution in [0, 0.1) is 0 Å². The van der Waals surface area contributed by atoms with Crippen LogP contribution in [0.1, 0.15) is 5.56 Å². The van der Waals surface area contributed by atoms with E-state index in [1.54, 1.807) is 0 Å². The third kappa shape index (κ3) is 1.74. The van der Waals surface area contributed by atoms with Gasteiger partial charge in [-0.15, -0.1) is 0 Å². The van der Waals surface area contributed by atoms with Crippen molar-refractivity contribution in [1.29, 1.82) is 0 Å². The van der Waals surface area contributed by atoms with Gasteiger partial charge in [0.05, 0.1) is 0 Å². The lowest BCUT2D eigenvalue weighted by Gasteiger charge is -2.01. The summed E-state index contributed by atoms with van der Waals surface area (Å²) in [6, 6.07) is 9.92. The Labute approximate surface area is 82.5 Å². The number of ether oxygens (including phenoxy) is 1. The number of benzene rings is 1. The van der Waals surface area contributed by atoms with Gasteiger partial charge < -0.3 is 4.74 Å². The maximum Gasteiger partial charge on any atom is 0.336 e. The van der Waals surface area contributed by atoms with Gasteiger partial charge in [0, 0.05) is 18.1 Å². The maximum atomic E-state index is 10.9. The Kier molecular flexibility index (Phi) is 2.19. The van der Waals surface area contributed by atoms with Crippen molar-refractivity contribution in [3.05, 3.63) is 59.9 Å². The van der Waals surface area contributed by atoms with E-state index in [1.165, 1.54) is 6.08 Å². The fourth-order valence-electron chi connectivity index (χ4n) is 1.40. The first-order chi connectivity index (χ1) is 6.75. The number of rotatable bonds is 2. The predicted octanol–water partition coefficient (Wildman–Crippen LogP) is 2.23. The molecule has 0 amide bonds. The molecule has 0 saturated heterocycles. The van der Waals surface area contributed by atoms with Gasteiger partial charge in [-0.2, -0.15) is 0 Å². The summed E-state index contributed by atoms with van der Waals surface area (Å²) in [6.45, 7) is 3.67. The lowest BCUT2D eigenvalue weighted by atomic mass is 10.1. The molecule has 1 aliphatic heterocycles.